The lowest BCUT2D eigenvalue weighted by atomic mass is 10.1. The van der Waals surface area contributed by atoms with Crippen molar-refractivity contribution in [2.24, 2.45) is 5.73 Å². The molecule has 70 valence electrons. The smallest absolute Gasteiger partial charge is 0.123 e. The van der Waals surface area contributed by atoms with Gasteiger partial charge in [-0.3, -0.25) is 0 Å². The molecule has 1 aromatic carbocycles. The second-order valence-electron chi connectivity index (χ2n) is 3.71. The van der Waals surface area contributed by atoms with Gasteiger partial charge in [-0.25, -0.2) is 4.39 Å². The molecule has 2 N–H and O–H groups in total. The van der Waals surface area contributed by atoms with Gasteiger partial charge in [0.15, 0.2) is 0 Å². The molecule has 0 fully saturated rings. The van der Waals surface area contributed by atoms with Crippen LogP contribution in [0.15, 0.2) is 30.3 Å². The summed E-state index contributed by atoms with van der Waals surface area (Å²) in [7, 11) is 0. The number of rotatable bonds is 2. The molecule has 13 heavy (non-hydrogen) atoms. The molecule has 0 heterocycles. The van der Waals surface area contributed by atoms with Crippen molar-refractivity contribution in [3.63, 3.8) is 0 Å². The highest BCUT2D eigenvalue weighted by Crippen LogP contribution is 2.07. The minimum atomic E-state index is -0.325. The molecule has 2 heteroatoms. The van der Waals surface area contributed by atoms with Crippen molar-refractivity contribution in [1.29, 1.82) is 0 Å². The third kappa shape index (κ3) is 3.85. The van der Waals surface area contributed by atoms with Gasteiger partial charge in [0.25, 0.3) is 0 Å². The normalized spacial score (nSPS) is 12.3. The quantitative estimate of drug-likeness (QED) is 0.742. The molecule has 0 unspecified atom stereocenters. The maximum atomic E-state index is 12.5. The van der Waals surface area contributed by atoms with Gasteiger partial charge in [-0.15, -0.1) is 0 Å². The Hall–Kier alpha value is -1.15. The molecule has 0 spiro atoms. The summed E-state index contributed by atoms with van der Waals surface area (Å²) < 4.78 is 12.5. The Morgan fingerprint density at radius 1 is 1.23 bits per heavy atom. The van der Waals surface area contributed by atoms with Gasteiger partial charge in [-0.1, -0.05) is 24.3 Å². The van der Waals surface area contributed by atoms with E-state index in [0.29, 0.717) is 0 Å². The zero-order chi connectivity index (χ0) is 9.90. The number of benzene rings is 1. The molecule has 1 nitrogen and oxygen atoms in total. The summed E-state index contributed by atoms with van der Waals surface area (Å²) in [5.41, 5.74) is 6.39. The van der Waals surface area contributed by atoms with E-state index in [4.69, 9.17) is 5.73 Å². The van der Waals surface area contributed by atoms with Gasteiger partial charge in [0, 0.05) is 5.54 Å². The van der Waals surface area contributed by atoms with Crippen LogP contribution < -0.4 is 5.73 Å². The molecule has 0 saturated carbocycles. The second kappa shape index (κ2) is 3.71. The summed E-state index contributed by atoms with van der Waals surface area (Å²) in [4.78, 5) is 0. The van der Waals surface area contributed by atoms with Gasteiger partial charge in [0.1, 0.15) is 5.82 Å². The first-order valence-electron chi connectivity index (χ1n) is 4.21. The van der Waals surface area contributed by atoms with E-state index in [9.17, 15) is 4.39 Å². The average molecular weight is 179 g/mol. The topological polar surface area (TPSA) is 26.0 Å². The molecule has 0 aliphatic carbocycles. The molecule has 0 aliphatic heterocycles. The van der Waals surface area contributed by atoms with E-state index < -0.39 is 0 Å². The minimum Gasteiger partial charge on any atom is -0.322 e. The third-order valence-electron chi connectivity index (χ3n) is 1.58. The Morgan fingerprint density at radius 2 is 1.77 bits per heavy atom. The molecular weight excluding hydrogens is 165 g/mol. The van der Waals surface area contributed by atoms with Crippen molar-refractivity contribution in [3.05, 3.63) is 41.7 Å². The van der Waals surface area contributed by atoms with Crippen molar-refractivity contribution in [1.82, 2.24) is 0 Å². The second-order valence-corrected chi connectivity index (χ2v) is 3.71. The zero-order valence-corrected chi connectivity index (χ0v) is 7.92. The minimum absolute atomic E-state index is 0.218. The standard InChI is InChI=1S/C11H14FN/c1-11(2,13)8-7-9-3-5-10(12)6-4-9/h3-8H,13H2,1-2H3/b8-7+. The molecule has 0 radical (unpaired) electrons. The van der Waals surface area contributed by atoms with E-state index in [2.05, 4.69) is 0 Å². The molecule has 0 amide bonds. The highest BCUT2D eigenvalue weighted by molar-refractivity contribution is 5.50. The molecule has 0 atom stereocenters. The fourth-order valence-electron chi connectivity index (χ4n) is 0.885. The Morgan fingerprint density at radius 3 is 2.23 bits per heavy atom. The van der Waals surface area contributed by atoms with Gasteiger partial charge in [-0.05, 0) is 31.5 Å². The van der Waals surface area contributed by atoms with Crippen molar-refractivity contribution in [2.75, 3.05) is 0 Å². The summed E-state index contributed by atoms with van der Waals surface area (Å²) in [6.45, 7) is 3.82. The highest BCUT2D eigenvalue weighted by atomic mass is 19.1. The third-order valence-corrected chi connectivity index (χ3v) is 1.58. The summed E-state index contributed by atoms with van der Waals surface area (Å²) in [5.74, 6) is -0.218. The van der Waals surface area contributed by atoms with Crippen LogP contribution in [-0.4, -0.2) is 5.54 Å². The van der Waals surface area contributed by atoms with Gasteiger partial charge >= 0.3 is 0 Å². The molecule has 0 bridgehead atoms. The fraction of sp³-hybridized carbons (Fsp3) is 0.273. The predicted molar refractivity (Wildman–Crippen MR) is 53.7 cm³/mol. The van der Waals surface area contributed by atoms with Crippen LogP contribution in [0.5, 0.6) is 0 Å². The van der Waals surface area contributed by atoms with Gasteiger partial charge in [0.2, 0.25) is 0 Å². The number of hydrogen-bond acceptors (Lipinski definition) is 1. The average Bonchev–Trinajstić information content (AvgIpc) is 2.02. The predicted octanol–water partition coefficient (Wildman–Crippen LogP) is 2.58. The first-order valence-corrected chi connectivity index (χ1v) is 4.21. The lowest BCUT2D eigenvalue weighted by molar-refractivity contribution is 0.627. The van der Waals surface area contributed by atoms with Crippen LogP contribution in [0.3, 0.4) is 0 Å². The molecular formula is C11H14FN. The van der Waals surface area contributed by atoms with E-state index in [1.165, 1.54) is 12.1 Å². The maximum Gasteiger partial charge on any atom is 0.123 e. The molecule has 1 aromatic rings. The largest absolute Gasteiger partial charge is 0.322 e. The number of hydrogen-bond donors (Lipinski definition) is 1. The van der Waals surface area contributed by atoms with E-state index in [1.807, 2.05) is 26.0 Å². The van der Waals surface area contributed by atoms with E-state index in [1.54, 1.807) is 12.1 Å². The Kier molecular flexibility index (Phi) is 2.83. The van der Waals surface area contributed by atoms with Crippen molar-refractivity contribution in [2.45, 2.75) is 19.4 Å². The van der Waals surface area contributed by atoms with Crippen LogP contribution in [0.1, 0.15) is 19.4 Å². The molecule has 0 saturated heterocycles. The first kappa shape index (κ1) is 9.93. The van der Waals surface area contributed by atoms with Crippen molar-refractivity contribution >= 4 is 6.08 Å². The lowest BCUT2D eigenvalue weighted by Gasteiger charge is -2.11. The summed E-state index contributed by atoms with van der Waals surface area (Å²) in [6.07, 6.45) is 3.78. The van der Waals surface area contributed by atoms with E-state index in [-0.39, 0.29) is 11.4 Å². The lowest BCUT2D eigenvalue weighted by Crippen LogP contribution is -2.28. The van der Waals surface area contributed by atoms with Crippen LogP contribution in [0.2, 0.25) is 0 Å². The zero-order valence-electron chi connectivity index (χ0n) is 7.92. The Bertz CT molecular complexity index is 293. The Labute approximate surface area is 78.1 Å². The van der Waals surface area contributed by atoms with Crippen LogP contribution in [0.25, 0.3) is 6.08 Å². The fourth-order valence-corrected chi connectivity index (χ4v) is 0.885. The Balaban J connectivity index is 2.75. The van der Waals surface area contributed by atoms with Crippen molar-refractivity contribution < 1.29 is 4.39 Å². The monoisotopic (exact) mass is 179 g/mol. The van der Waals surface area contributed by atoms with Crippen molar-refractivity contribution in [3.8, 4) is 0 Å². The van der Waals surface area contributed by atoms with Gasteiger partial charge in [0.05, 0.1) is 0 Å². The van der Waals surface area contributed by atoms with Crippen LogP contribution in [0, 0.1) is 5.82 Å². The highest BCUT2D eigenvalue weighted by Gasteiger charge is 2.03. The van der Waals surface area contributed by atoms with Gasteiger partial charge < -0.3 is 5.73 Å². The van der Waals surface area contributed by atoms with Crippen LogP contribution >= 0.6 is 0 Å². The summed E-state index contributed by atoms with van der Waals surface area (Å²) >= 11 is 0. The maximum absolute atomic E-state index is 12.5. The van der Waals surface area contributed by atoms with E-state index in [0.717, 1.165) is 5.56 Å². The first-order chi connectivity index (χ1) is 5.97. The molecule has 0 aliphatic rings. The summed E-state index contributed by atoms with van der Waals surface area (Å²) in [6, 6.07) is 6.31. The number of nitrogens with two attached hydrogens (primary N) is 1. The van der Waals surface area contributed by atoms with Gasteiger partial charge in [-0.2, -0.15) is 0 Å². The van der Waals surface area contributed by atoms with E-state index >= 15 is 0 Å². The molecule has 0 aromatic heterocycles. The van der Waals surface area contributed by atoms with Crippen LogP contribution in [-0.2, 0) is 0 Å². The number of halogens is 1. The SMILES string of the molecule is CC(C)(N)/C=C/c1ccc(F)cc1. The van der Waals surface area contributed by atoms with Crippen LogP contribution in [0.4, 0.5) is 4.39 Å². The molecule has 1 rings (SSSR count). The summed E-state index contributed by atoms with van der Waals surface area (Å²) in [5, 5.41) is 0.